The second-order valence-electron chi connectivity index (χ2n) is 0. The molecule has 25 valence electrons. The van der Waals surface area contributed by atoms with Crippen LogP contribution in [0.2, 0.25) is 0 Å². The minimum absolute atomic E-state index is 0. The molecule has 0 bridgehead atoms. The fourth-order valence-electron chi connectivity index (χ4n) is 0. The summed E-state index contributed by atoms with van der Waals surface area (Å²) < 4.78 is 0. The van der Waals surface area contributed by atoms with Gasteiger partial charge in [0.15, 0.2) is 0 Å². The Morgan fingerprint density at radius 1 is 0.500 bits per heavy atom. The van der Waals surface area contributed by atoms with Gasteiger partial charge in [-0.3, -0.25) is 0 Å². The minimum atomic E-state index is 0. The van der Waals surface area contributed by atoms with Crippen LogP contribution >= 0.6 is 71.9 Å². The molecule has 0 heterocycles. The van der Waals surface area contributed by atoms with Gasteiger partial charge in [0, 0.05) is 29.6 Å². The van der Waals surface area contributed by atoms with Crippen molar-refractivity contribution in [2.24, 2.45) is 0 Å². The summed E-state index contributed by atoms with van der Waals surface area (Å²) >= 11 is 0. The molecule has 4 heteroatoms. The fraction of sp³-hybridized carbons (Fsp3) is 0. The van der Waals surface area contributed by atoms with E-state index in [4.69, 9.17) is 0 Å². The maximum absolute atomic E-state index is 0. The van der Waals surface area contributed by atoms with E-state index in [1.165, 1.54) is 0 Å². The van der Waals surface area contributed by atoms with Crippen LogP contribution in [-0.4, -0.2) is 29.6 Å². The summed E-state index contributed by atoms with van der Waals surface area (Å²) in [7, 11) is 0. The van der Waals surface area contributed by atoms with Crippen LogP contribution in [-0.2, 0) is 0 Å². The van der Waals surface area contributed by atoms with Crippen molar-refractivity contribution in [2.75, 3.05) is 0 Å². The molecule has 0 N–H and O–H groups in total. The maximum Gasteiger partial charge on any atom is 0 e. The number of halogens is 3. The minimum Gasteiger partial charge on any atom is -0.107 e. The number of rotatable bonds is 0. The Bertz CT molecular complexity index is 3.25. The van der Waals surface area contributed by atoms with Gasteiger partial charge in [-0.05, 0) is 0 Å². The predicted octanol–water partition coefficient (Wildman–Crippen LogP) is 1.47. The molecule has 0 saturated carbocycles. The predicted molar refractivity (Wildman–Crippen MR) is 52.0 cm³/mol. The Morgan fingerprint density at radius 2 is 0.500 bits per heavy atom. The molecule has 0 aliphatic heterocycles. The number of hydrogen-bond donors (Lipinski definition) is 0. The summed E-state index contributed by atoms with van der Waals surface area (Å²) in [5.74, 6) is 0. The van der Waals surface area contributed by atoms with Crippen LogP contribution in [0.15, 0.2) is 0 Å². The Morgan fingerprint density at radius 3 is 0.500 bits per heavy atom. The third kappa shape index (κ3) is 8.95. The average molecular weight is 407 g/mol. The molecule has 0 unspecified atom stereocenters. The van der Waals surface area contributed by atoms with Gasteiger partial charge >= 0.3 is 0 Å². The van der Waals surface area contributed by atoms with Crippen molar-refractivity contribution in [3.63, 3.8) is 0 Å². The van der Waals surface area contributed by atoms with Crippen LogP contribution < -0.4 is 0 Å². The van der Waals surface area contributed by atoms with E-state index in [2.05, 4.69) is 0 Å². The first-order valence-corrected chi connectivity index (χ1v) is 0. The molecule has 0 aliphatic carbocycles. The zero-order valence-corrected chi connectivity index (χ0v) is 11.2. The normalized spacial score (nSPS) is 0. The molecule has 0 nitrogen and oxygen atoms in total. The third-order valence-corrected chi connectivity index (χ3v) is 0. The topological polar surface area (TPSA) is 0 Å². The SMILES string of the molecule is I.I.I.[Na]. The molecule has 0 aromatic carbocycles. The van der Waals surface area contributed by atoms with Crippen molar-refractivity contribution in [1.29, 1.82) is 0 Å². The first kappa shape index (κ1) is 27.1. The van der Waals surface area contributed by atoms with Gasteiger partial charge in [-0.1, -0.05) is 0 Å². The van der Waals surface area contributed by atoms with Crippen molar-refractivity contribution in [1.82, 2.24) is 0 Å². The third-order valence-electron chi connectivity index (χ3n) is 0. The zero-order valence-electron chi connectivity index (χ0n) is 2.22. The summed E-state index contributed by atoms with van der Waals surface area (Å²) in [6.07, 6.45) is 0. The summed E-state index contributed by atoms with van der Waals surface area (Å²) in [6.45, 7) is 0. The molecule has 0 fully saturated rings. The molecule has 0 rings (SSSR count). The average Bonchev–Trinajstić information content (AvgIpc) is 0. The monoisotopic (exact) mass is 407 g/mol. The van der Waals surface area contributed by atoms with Gasteiger partial charge in [0.25, 0.3) is 0 Å². The molecule has 0 aromatic heterocycles. The zero-order chi connectivity index (χ0) is 0. The molecule has 0 aliphatic rings. The van der Waals surface area contributed by atoms with E-state index < -0.39 is 0 Å². The summed E-state index contributed by atoms with van der Waals surface area (Å²) in [5.41, 5.74) is 0. The van der Waals surface area contributed by atoms with E-state index >= 15 is 0 Å². The van der Waals surface area contributed by atoms with Crippen LogP contribution in [0, 0.1) is 0 Å². The molecule has 0 atom stereocenters. The summed E-state index contributed by atoms with van der Waals surface area (Å²) in [6, 6.07) is 0. The molecule has 0 aromatic rings. The fourth-order valence-corrected chi connectivity index (χ4v) is 0. The molecule has 0 amide bonds. The summed E-state index contributed by atoms with van der Waals surface area (Å²) in [5, 5.41) is 0. The molecule has 1 radical (unpaired) electrons. The van der Waals surface area contributed by atoms with E-state index in [-0.39, 0.29) is 101 Å². The van der Waals surface area contributed by atoms with Crippen LogP contribution in [0.1, 0.15) is 0 Å². The standard InChI is InChI=1S/3HI.Na/h3*1H;. The van der Waals surface area contributed by atoms with Gasteiger partial charge in [-0.25, -0.2) is 0 Å². The van der Waals surface area contributed by atoms with Crippen LogP contribution in [0.5, 0.6) is 0 Å². The van der Waals surface area contributed by atoms with Crippen molar-refractivity contribution in [3.8, 4) is 0 Å². The van der Waals surface area contributed by atoms with Crippen molar-refractivity contribution >= 4 is 101 Å². The molecule has 0 spiro atoms. The first-order chi connectivity index (χ1) is 0. The molecule has 4 heavy (non-hydrogen) atoms. The van der Waals surface area contributed by atoms with Gasteiger partial charge in [0.05, 0.1) is 0 Å². The van der Waals surface area contributed by atoms with E-state index in [0.717, 1.165) is 0 Å². The second kappa shape index (κ2) is 16.4. The summed E-state index contributed by atoms with van der Waals surface area (Å²) in [4.78, 5) is 0. The van der Waals surface area contributed by atoms with E-state index in [1.54, 1.807) is 0 Å². The van der Waals surface area contributed by atoms with Gasteiger partial charge in [-0.15, -0.1) is 71.9 Å². The van der Waals surface area contributed by atoms with Gasteiger partial charge < -0.3 is 0 Å². The Hall–Kier alpha value is 3.19. The van der Waals surface area contributed by atoms with Crippen molar-refractivity contribution in [3.05, 3.63) is 0 Å². The maximum atomic E-state index is 0. The van der Waals surface area contributed by atoms with Crippen molar-refractivity contribution < 1.29 is 0 Å². The van der Waals surface area contributed by atoms with E-state index in [1.807, 2.05) is 0 Å². The van der Waals surface area contributed by atoms with E-state index in [9.17, 15) is 0 Å². The largest absolute Gasteiger partial charge is 0.107 e. The Balaban J connectivity index is 0. The Labute approximate surface area is 99.2 Å². The van der Waals surface area contributed by atoms with E-state index in [0.29, 0.717) is 0 Å². The Kier molecular flexibility index (Phi) is 111. The number of hydrogen-bond acceptors (Lipinski definition) is 0. The first-order valence-electron chi connectivity index (χ1n) is 0. The second-order valence-corrected chi connectivity index (χ2v) is 0. The van der Waals surface area contributed by atoms with Crippen LogP contribution in [0.25, 0.3) is 0 Å². The van der Waals surface area contributed by atoms with Crippen LogP contribution in [0.4, 0.5) is 0 Å². The van der Waals surface area contributed by atoms with Crippen LogP contribution in [0.3, 0.4) is 0 Å². The smallest absolute Gasteiger partial charge is 0 e. The van der Waals surface area contributed by atoms with Gasteiger partial charge in [-0.2, -0.15) is 0 Å². The molecular weight excluding hydrogens is 404 g/mol. The molecular formula is H3I3Na. The van der Waals surface area contributed by atoms with Gasteiger partial charge in [0.2, 0.25) is 0 Å². The molecule has 0 saturated heterocycles. The quantitative estimate of drug-likeness (QED) is 0.422. The van der Waals surface area contributed by atoms with Crippen molar-refractivity contribution in [2.45, 2.75) is 0 Å². The van der Waals surface area contributed by atoms with Gasteiger partial charge in [0.1, 0.15) is 0 Å².